The van der Waals surface area contributed by atoms with Gasteiger partial charge in [0.05, 0.1) is 17.9 Å². The van der Waals surface area contributed by atoms with E-state index in [1.165, 1.54) is 19.9 Å². The summed E-state index contributed by atoms with van der Waals surface area (Å²) < 4.78 is 34.6. The van der Waals surface area contributed by atoms with Crippen LogP contribution in [0, 0.1) is 23.2 Å². The molecule has 0 aromatic carbocycles. The van der Waals surface area contributed by atoms with Gasteiger partial charge in [-0.3, -0.25) is 0 Å². The van der Waals surface area contributed by atoms with Crippen molar-refractivity contribution in [1.82, 2.24) is 0 Å². The van der Waals surface area contributed by atoms with E-state index in [-0.39, 0.29) is 6.42 Å². The molecule has 0 aliphatic rings. The molecule has 0 bridgehead atoms. The van der Waals surface area contributed by atoms with E-state index in [1.54, 1.807) is 0 Å². The SMILES string of the molecule is CC(C)(C#N)[CH]C(F)(F)F. The van der Waals surface area contributed by atoms with E-state index in [1.807, 2.05) is 0 Å². The maximum atomic E-state index is 11.5. The topological polar surface area (TPSA) is 23.8 Å². The first-order valence-electron chi connectivity index (χ1n) is 2.62. The Morgan fingerprint density at radius 2 is 1.70 bits per heavy atom. The molecule has 0 rings (SSSR count). The lowest BCUT2D eigenvalue weighted by Gasteiger charge is -2.15. The molecule has 0 aromatic heterocycles. The summed E-state index contributed by atoms with van der Waals surface area (Å²) in [7, 11) is 0. The molecular weight excluding hydrogens is 143 g/mol. The number of nitriles is 1. The van der Waals surface area contributed by atoms with Crippen LogP contribution in [0.5, 0.6) is 0 Å². The van der Waals surface area contributed by atoms with Crippen LogP contribution in [0.2, 0.25) is 0 Å². The molecule has 0 N–H and O–H groups in total. The lowest BCUT2D eigenvalue weighted by molar-refractivity contribution is -0.106. The van der Waals surface area contributed by atoms with Crippen LogP contribution in [0.15, 0.2) is 0 Å². The third-order valence-electron chi connectivity index (χ3n) is 0.813. The van der Waals surface area contributed by atoms with Crippen molar-refractivity contribution in [3.63, 3.8) is 0 Å². The van der Waals surface area contributed by atoms with Gasteiger partial charge in [0.25, 0.3) is 0 Å². The van der Waals surface area contributed by atoms with Crippen LogP contribution >= 0.6 is 0 Å². The maximum Gasteiger partial charge on any atom is 0.393 e. The van der Waals surface area contributed by atoms with E-state index in [0.717, 1.165) is 0 Å². The Bertz CT molecular complexity index is 151. The molecule has 0 saturated heterocycles. The maximum absolute atomic E-state index is 11.5. The first kappa shape index (κ1) is 9.28. The Labute approximate surface area is 57.5 Å². The summed E-state index contributed by atoms with van der Waals surface area (Å²) in [4.78, 5) is 0. The van der Waals surface area contributed by atoms with Crippen LogP contribution in [0.25, 0.3) is 0 Å². The quantitative estimate of drug-likeness (QED) is 0.562. The van der Waals surface area contributed by atoms with Gasteiger partial charge in [-0.25, -0.2) is 0 Å². The van der Waals surface area contributed by atoms with E-state index < -0.39 is 11.6 Å². The summed E-state index contributed by atoms with van der Waals surface area (Å²) in [6, 6.07) is 1.52. The highest BCUT2D eigenvalue weighted by molar-refractivity contribution is 5.04. The van der Waals surface area contributed by atoms with Crippen LogP contribution in [-0.2, 0) is 0 Å². The second kappa shape index (κ2) is 2.49. The highest BCUT2D eigenvalue weighted by atomic mass is 19.4. The van der Waals surface area contributed by atoms with Gasteiger partial charge in [-0.2, -0.15) is 18.4 Å². The van der Waals surface area contributed by atoms with Crippen LogP contribution in [0.4, 0.5) is 13.2 Å². The highest BCUT2D eigenvalue weighted by Gasteiger charge is 2.37. The van der Waals surface area contributed by atoms with E-state index in [2.05, 4.69) is 0 Å². The summed E-state index contributed by atoms with van der Waals surface area (Å²) in [5, 5.41) is 8.18. The fourth-order valence-corrected chi connectivity index (χ4v) is 0.441. The monoisotopic (exact) mass is 150 g/mol. The second-order valence-corrected chi connectivity index (χ2v) is 2.52. The molecule has 10 heavy (non-hydrogen) atoms. The average Bonchev–Trinajstić information content (AvgIpc) is 1.60. The fourth-order valence-electron chi connectivity index (χ4n) is 0.441. The first-order valence-corrected chi connectivity index (χ1v) is 2.62. The van der Waals surface area contributed by atoms with Crippen molar-refractivity contribution in [2.45, 2.75) is 20.0 Å². The van der Waals surface area contributed by atoms with Gasteiger partial charge >= 0.3 is 6.18 Å². The lowest BCUT2D eigenvalue weighted by Crippen LogP contribution is -2.21. The minimum atomic E-state index is -4.36. The van der Waals surface area contributed by atoms with E-state index >= 15 is 0 Å². The van der Waals surface area contributed by atoms with E-state index in [0.29, 0.717) is 0 Å². The molecule has 0 spiro atoms. The zero-order valence-corrected chi connectivity index (χ0v) is 5.66. The molecule has 0 aliphatic carbocycles. The number of halogens is 3. The molecule has 0 unspecified atom stereocenters. The van der Waals surface area contributed by atoms with Crippen molar-refractivity contribution in [2.75, 3.05) is 0 Å². The summed E-state index contributed by atoms with van der Waals surface area (Å²) >= 11 is 0. The fraction of sp³-hybridized carbons (Fsp3) is 0.667. The molecule has 0 aromatic rings. The number of alkyl halides is 3. The molecule has 0 aliphatic heterocycles. The van der Waals surface area contributed by atoms with E-state index in [9.17, 15) is 13.2 Å². The van der Waals surface area contributed by atoms with Gasteiger partial charge in [-0.1, -0.05) is 0 Å². The number of hydrogen-bond acceptors (Lipinski definition) is 1. The first-order chi connectivity index (χ1) is 4.27. The van der Waals surface area contributed by atoms with Gasteiger partial charge in [0.2, 0.25) is 0 Å². The average molecular weight is 150 g/mol. The van der Waals surface area contributed by atoms with Gasteiger partial charge < -0.3 is 0 Å². The molecule has 0 fully saturated rings. The molecule has 0 atom stereocenters. The molecule has 0 amide bonds. The van der Waals surface area contributed by atoms with Crippen molar-refractivity contribution >= 4 is 0 Å². The molecule has 57 valence electrons. The largest absolute Gasteiger partial charge is 0.393 e. The molecule has 0 heterocycles. The van der Waals surface area contributed by atoms with Crippen molar-refractivity contribution < 1.29 is 13.2 Å². The van der Waals surface area contributed by atoms with Gasteiger partial charge in [0.1, 0.15) is 0 Å². The van der Waals surface area contributed by atoms with Gasteiger partial charge in [-0.15, -0.1) is 0 Å². The molecule has 1 nitrogen and oxygen atoms in total. The van der Waals surface area contributed by atoms with Gasteiger partial charge in [0.15, 0.2) is 0 Å². The summed E-state index contributed by atoms with van der Waals surface area (Å²) in [5.41, 5.74) is -1.42. The minimum Gasteiger partial charge on any atom is -0.198 e. The van der Waals surface area contributed by atoms with Crippen molar-refractivity contribution in [1.29, 1.82) is 5.26 Å². The summed E-state index contributed by atoms with van der Waals surface area (Å²) in [6.45, 7) is 2.42. The predicted octanol–water partition coefficient (Wildman–Crippen LogP) is 2.30. The summed E-state index contributed by atoms with van der Waals surface area (Å²) in [5.74, 6) is 0. The van der Waals surface area contributed by atoms with Crippen LogP contribution in [0.1, 0.15) is 13.8 Å². The van der Waals surface area contributed by atoms with Crippen LogP contribution in [0.3, 0.4) is 0 Å². The minimum absolute atomic E-state index is 0.0694. The molecule has 4 heteroatoms. The Morgan fingerprint density at radius 3 is 1.80 bits per heavy atom. The second-order valence-electron chi connectivity index (χ2n) is 2.52. The van der Waals surface area contributed by atoms with Crippen LogP contribution in [-0.4, -0.2) is 6.18 Å². The number of hydrogen-bond donors (Lipinski definition) is 0. The van der Waals surface area contributed by atoms with E-state index in [4.69, 9.17) is 5.26 Å². The number of rotatable bonds is 1. The van der Waals surface area contributed by atoms with Crippen molar-refractivity contribution in [3.05, 3.63) is 6.42 Å². The predicted molar refractivity (Wildman–Crippen MR) is 29.7 cm³/mol. The molecule has 1 radical (unpaired) electrons. The Hall–Kier alpha value is -0.720. The van der Waals surface area contributed by atoms with Gasteiger partial charge in [-0.05, 0) is 13.8 Å². The standard InChI is InChI=1S/C6H7F3N/c1-5(2,4-10)3-6(7,8)9/h3H,1-2H3. The smallest absolute Gasteiger partial charge is 0.198 e. The van der Waals surface area contributed by atoms with Gasteiger partial charge in [0, 0.05) is 0 Å². The zero-order valence-electron chi connectivity index (χ0n) is 5.66. The molecule has 0 saturated carbocycles. The normalized spacial score (nSPS) is 12.8. The van der Waals surface area contributed by atoms with Crippen molar-refractivity contribution in [3.8, 4) is 6.07 Å². The Balaban J connectivity index is 4.05. The van der Waals surface area contributed by atoms with Crippen LogP contribution < -0.4 is 0 Å². The Morgan fingerprint density at radius 1 is 1.30 bits per heavy atom. The lowest BCUT2D eigenvalue weighted by atomic mass is 9.91. The van der Waals surface area contributed by atoms with Crippen molar-refractivity contribution in [2.24, 2.45) is 5.41 Å². The molecular formula is C6H7F3N. The summed E-state index contributed by atoms with van der Waals surface area (Å²) in [6.07, 6.45) is -4.29. The Kier molecular flexibility index (Phi) is 2.31. The highest BCUT2D eigenvalue weighted by Crippen LogP contribution is 2.30. The zero-order chi connectivity index (χ0) is 8.41. The third-order valence-corrected chi connectivity index (χ3v) is 0.813. The third kappa shape index (κ3) is 4.19. The number of nitrogens with zero attached hydrogens (tertiary/aromatic N) is 1.